The Labute approximate surface area is 103 Å². The molecule has 2 aromatic rings. The van der Waals surface area contributed by atoms with E-state index in [0.29, 0.717) is 10.6 Å². The molecule has 0 N–H and O–H groups in total. The van der Waals surface area contributed by atoms with Crippen LogP contribution in [0.4, 0.5) is 0 Å². The smallest absolute Gasteiger partial charge is 0.349 e. The molecular formula is C11H13N3O2S. The van der Waals surface area contributed by atoms with Gasteiger partial charge in [0.25, 0.3) is 0 Å². The molecule has 0 fully saturated rings. The Bertz CT molecular complexity index is 571. The van der Waals surface area contributed by atoms with Gasteiger partial charge in [-0.3, -0.25) is 4.68 Å². The topological polar surface area (TPSA) is 57.0 Å². The second kappa shape index (κ2) is 4.29. The first-order chi connectivity index (χ1) is 8.02. The van der Waals surface area contributed by atoms with Crippen LogP contribution in [0.2, 0.25) is 0 Å². The lowest BCUT2D eigenvalue weighted by atomic mass is 10.3. The van der Waals surface area contributed by atoms with Crippen molar-refractivity contribution < 1.29 is 9.53 Å². The van der Waals surface area contributed by atoms with E-state index in [4.69, 9.17) is 4.74 Å². The van der Waals surface area contributed by atoms with Crippen molar-refractivity contribution in [1.82, 2.24) is 14.8 Å². The van der Waals surface area contributed by atoms with E-state index in [0.717, 1.165) is 16.3 Å². The number of hydrogen-bond acceptors (Lipinski definition) is 5. The molecule has 0 aliphatic heterocycles. The van der Waals surface area contributed by atoms with Gasteiger partial charge in [0.2, 0.25) is 0 Å². The fourth-order valence-electron chi connectivity index (χ4n) is 1.60. The molecule has 0 saturated heterocycles. The third kappa shape index (κ3) is 2.08. The monoisotopic (exact) mass is 251 g/mol. The van der Waals surface area contributed by atoms with Crippen molar-refractivity contribution in [2.45, 2.75) is 13.8 Å². The number of hydrogen-bond donors (Lipinski definition) is 0. The number of carbonyl (C=O) groups excluding carboxylic acids is 1. The maximum absolute atomic E-state index is 11.5. The second-order valence-electron chi connectivity index (χ2n) is 3.73. The number of aromatic nitrogens is 3. The van der Waals surface area contributed by atoms with Gasteiger partial charge in [0.15, 0.2) is 0 Å². The number of carbonyl (C=O) groups is 1. The standard InChI is InChI=1S/C11H13N3O2S/c1-6-8(5-14(3)13-6)10-12-7(2)9(17-10)11(15)16-4/h5H,1-4H3. The summed E-state index contributed by atoms with van der Waals surface area (Å²) in [5.74, 6) is -0.340. The van der Waals surface area contributed by atoms with Crippen molar-refractivity contribution in [1.29, 1.82) is 0 Å². The first-order valence-corrected chi connectivity index (χ1v) is 5.91. The highest BCUT2D eigenvalue weighted by Crippen LogP contribution is 2.29. The molecule has 0 atom stereocenters. The minimum absolute atomic E-state index is 0.340. The summed E-state index contributed by atoms with van der Waals surface area (Å²) in [6, 6.07) is 0. The van der Waals surface area contributed by atoms with Crippen molar-refractivity contribution in [2.24, 2.45) is 7.05 Å². The number of ether oxygens (including phenoxy) is 1. The van der Waals surface area contributed by atoms with Gasteiger partial charge in [-0.25, -0.2) is 9.78 Å². The molecule has 6 heteroatoms. The van der Waals surface area contributed by atoms with Gasteiger partial charge in [-0.2, -0.15) is 5.10 Å². The molecule has 0 spiro atoms. The quantitative estimate of drug-likeness (QED) is 0.765. The van der Waals surface area contributed by atoms with Crippen molar-refractivity contribution in [3.63, 3.8) is 0 Å². The van der Waals surface area contributed by atoms with Gasteiger partial charge in [0.1, 0.15) is 9.88 Å². The molecule has 5 nitrogen and oxygen atoms in total. The van der Waals surface area contributed by atoms with Crippen molar-refractivity contribution >= 4 is 17.3 Å². The first kappa shape index (κ1) is 11.8. The predicted octanol–water partition coefficient (Wildman–Crippen LogP) is 1.95. The molecular weight excluding hydrogens is 238 g/mol. The van der Waals surface area contributed by atoms with Crippen molar-refractivity contribution in [3.05, 3.63) is 22.5 Å². The van der Waals surface area contributed by atoms with Gasteiger partial charge in [-0.15, -0.1) is 11.3 Å². The van der Waals surface area contributed by atoms with E-state index in [1.165, 1.54) is 18.4 Å². The van der Waals surface area contributed by atoms with E-state index in [9.17, 15) is 4.79 Å². The summed E-state index contributed by atoms with van der Waals surface area (Å²) in [6.07, 6.45) is 1.90. The lowest BCUT2D eigenvalue weighted by Gasteiger charge is -1.93. The second-order valence-corrected chi connectivity index (χ2v) is 4.73. The Morgan fingerprint density at radius 1 is 1.41 bits per heavy atom. The van der Waals surface area contributed by atoms with Crippen LogP contribution in [0.25, 0.3) is 10.6 Å². The van der Waals surface area contributed by atoms with Gasteiger partial charge in [-0.1, -0.05) is 0 Å². The normalized spacial score (nSPS) is 10.6. The molecule has 0 aliphatic carbocycles. The van der Waals surface area contributed by atoms with E-state index < -0.39 is 0 Å². The Hall–Kier alpha value is -1.69. The molecule has 2 heterocycles. The summed E-state index contributed by atoms with van der Waals surface area (Å²) < 4.78 is 6.45. The fraction of sp³-hybridized carbons (Fsp3) is 0.364. The van der Waals surface area contributed by atoms with Gasteiger partial charge < -0.3 is 4.74 Å². The summed E-state index contributed by atoms with van der Waals surface area (Å²) in [5, 5.41) is 5.06. The zero-order valence-corrected chi connectivity index (χ0v) is 11.0. The fourth-order valence-corrected chi connectivity index (χ4v) is 2.65. The maximum atomic E-state index is 11.5. The average molecular weight is 251 g/mol. The summed E-state index contributed by atoms with van der Waals surface area (Å²) in [4.78, 5) is 16.4. The molecule has 90 valence electrons. The van der Waals surface area contributed by atoms with E-state index in [2.05, 4.69) is 10.1 Å². The van der Waals surface area contributed by atoms with Crippen LogP contribution in [0, 0.1) is 13.8 Å². The van der Waals surface area contributed by atoms with Crippen LogP contribution in [-0.2, 0) is 11.8 Å². The lowest BCUT2D eigenvalue weighted by molar-refractivity contribution is 0.0605. The van der Waals surface area contributed by atoms with E-state index in [-0.39, 0.29) is 5.97 Å². The van der Waals surface area contributed by atoms with Gasteiger partial charge in [0.05, 0.1) is 24.1 Å². The van der Waals surface area contributed by atoms with Crippen LogP contribution in [0.15, 0.2) is 6.20 Å². The Balaban J connectivity index is 2.48. The Morgan fingerprint density at radius 3 is 2.65 bits per heavy atom. The van der Waals surface area contributed by atoms with Crippen molar-refractivity contribution in [3.8, 4) is 10.6 Å². The Morgan fingerprint density at radius 2 is 2.12 bits per heavy atom. The first-order valence-electron chi connectivity index (χ1n) is 5.09. The van der Waals surface area contributed by atoms with E-state index in [1.807, 2.05) is 20.2 Å². The third-order valence-corrected chi connectivity index (χ3v) is 3.58. The summed E-state index contributed by atoms with van der Waals surface area (Å²) in [6.45, 7) is 3.72. The summed E-state index contributed by atoms with van der Waals surface area (Å²) in [5.41, 5.74) is 2.55. The van der Waals surface area contributed by atoms with Gasteiger partial charge in [0, 0.05) is 13.2 Å². The zero-order chi connectivity index (χ0) is 12.6. The Kier molecular flexibility index (Phi) is 2.97. The van der Waals surface area contributed by atoms with E-state index >= 15 is 0 Å². The molecule has 0 radical (unpaired) electrons. The van der Waals surface area contributed by atoms with Crippen molar-refractivity contribution in [2.75, 3.05) is 7.11 Å². The highest BCUT2D eigenvalue weighted by Gasteiger charge is 2.18. The molecule has 0 aromatic carbocycles. The lowest BCUT2D eigenvalue weighted by Crippen LogP contribution is -1.99. The third-order valence-electron chi connectivity index (χ3n) is 2.41. The maximum Gasteiger partial charge on any atom is 0.349 e. The number of thiazole rings is 1. The highest BCUT2D eigenvalue weighted by atomic mass is 32.1. The van der Waals surface area contributed by atoms with Crippen LogP contribution >= 0.6 is 11.3 Å². The minimum Gasteiger partial charge on any atom is -0.465 e. The molecule has 2 aromatic heterocycles. The number of aryl methyl sites for hydroxylation is 3. The van der Waals surface area contributed by atoms with Crippen LogP contribution in [0.1, 0.15) is 21.1 Å². The van der Waals surface area contributed by atoms with Crippen LogP contribution in [-0.4, -0.2) is 27.8 Å². The molecule has 0 aliphatic rings. The molecule has 17 heavy (non-hydrogen) atoms. The summed E-state index contributed by atoms with van der Waals surface area (Å²) in [7, 11) is 3.23. The van der Waals surface area contributed by atoms with Crippen LogP contribution < -0.4 is 0 Å². The molecule has 0 bridgehead atoms. The molecule has 0 amide bonds. The zero-order valence-electron chi connectivity index (χ0n) is 10.1. The SMILES string of the molecule is COC(=O)c1sc(-c2cn(C)nc2C)nc1C. The van der Waals surface area contributed by atoms with Crippen LogP contribution in [0.5, 0.6) is 0 Å². The molecule has 0 unspecified atom stereocenters. The van der Waals surface area contributed by atoms with Gasteiger partial charge >= 0.3 is 5.97 Å². The highest BCUT2D eigenvalue weighted by molar-refractivity contribution is 7.17. The largest absolute Gasteiger partial charge is 0.465 e. The predicted molar refractivity (Wildman–Crippen MR) is 65.1 cm³/mol. The number of esters is 1. The summed E-state index contributed by atoms with van der Waals surface area (Å²) >= 11 is 1.33. The number of methoxy groups -OCH3 is 1. The van der Waals surface area contributed by atoms with E-state index in [1.54, 1.807) is 11.6 Å². The average Bonchev–Trinajstić information content (AvgIpc) is 2.80. The minimum atomic E-state index is -0.340. The molecule has 2 rings (SSSR count). The van der Waals surface area contributed by atoms with Gasteiger partial charge in [-0.05, 0) is 13.8 Å². The number of rotatable bonds is 2. The molecule has 0 saturated carbocycles. The number of nitrogens with zero attached hydrogens (tertiary/aromatic N) is 3. The van der Waals surface area contributed by atoms with Crippen LogP contribution in [0.3, 0.4) is 0 Å².